The van der Waals surface area contributed by atoms with Crippen molar-refractivity contribution >= 4 is 17.0 Å². The zero-order valence-corrected chi connectivity index (χ0v) is 11.6. The Labute approximate surface area is 111 Å². The average molecular weight is 270 g/mol. The maximum atomic E-state index is 10.6. The van der Waals surface area contributed by atoms with Crippen LogP contribution in [0.5, 0.6) is 0 Å². The molecule has 0 amide bonds. The molecule has 0 aliphatic rings. The van der Waals surface area contributed by atoms with E-state index < -0.39 is 11.3 Å². The molecular formula is C12H20N3O2S-. The van der Waals surface area contributed by atoms with E-state index in [4.69, 9.17) is 5.73 Å². The van der Waals surface area contributed by atoms with Crippen LogP contribution in [0, 0.1) is 6.92 Å². The van der Waals surface area contributed by atoms with Gasteiger partial charge >= 0.3 is 0 Å². The second kappa shape index (κ2) is 7.48. The molecule has 0 aliphatic heterocycles. The molecule has 1 unspecified atom stereocenters. The summed E-state index contributed by atoms with van der Waals surface area (Å²) in [6, 6.07) is 6.10. The Morgan fingerprint density at radius 3 is 2.78 bits per heavy atom. The number of anilines is 1. The van der Waals surface area contributed by atoms with Gasteiger partial charge in [-0.1, -0.05) is 6.07 Å². The van der Waals surface area contributed by atoms with E-state index in [0.29, 0.717) is 19.6 Å². The molecule has 1 rings (SSSR count). The molecule has 0 heterocycles. The SMILES string of the molecule is Cc1cc(NCCN(C)S(=O)[O-])ccc1CCN. The van der Waals surface area contributed by atoms with Gasteiger partial charge in [0.25, 0.3) is 0 Å². The van der Waals surface area contributed by atoms with Gasteiger partial charge in [0.05, 0.1) is 0 Å². The van der Waals surface area contributed by atoms with Crippen LogP contribution in [0.15, 0.2) is 18.2 Å². The number of nitrogens with two attached hydrogens (primary N) is 1. The van der Waals surface area contributed by atoms with Crippen LogP contribution < -0.4 is 11.1 Å². The highest BCUT2D eigenvalue weighted by molar-refractivity contribution is 7.76. The van der Waals surface area contributed by atoms with Crippen molar-refractivity contribution in [2.24, 2.45) is 5.73 Å². The van der Waals surface area contributed by atoms with E-state index in [9.17, 15) is 8.76 Å². The Balaban J connectivity index is 2.48. The van der Waals surface area contributed by atoms with E-state index in [1.165, 1.54) is 15.4 Å². The number of rotatable bonds is 7. The third kappa shape index (κ3) is 4.73. The van der Waals surface area contributed by atoms with Crippen molar-refractivity contribution in [3.05, 3.63) is 29.3 Å². The maximum Gasteiger partial charge on any atom is 0.0343 e. The van der Waals surface area contributed by atoms with Gasteiger partial charge in [-0.3, -0.25) is 4.21 Å². The fourth-order valence-corrected chi connectivity index (χ4v) is 1.91. The second-order valence-electron chi connectivity index (χ2n) is 4.18. The lowest BCUT2D eigenvalue weighted by Gasteiger charge is -2.19. The Morgan fingerprint density at radius 1 is 1.50 bits per heavy atom. The normalized spacial score (nSPS) is 12.7. The second-order valence-corrected chi connectivity index (χ2v) is 5.23. The minimum Gasteiger partial charge on any atom is -0.760 e. The molecule has 0 bridgehead atoms. The lowest BCUT2D eigenvalue weighted by molar-refractivity contribution is 0.441. The van der Waals surface area contributed by atoms with Crippen LogP contribution in [0.3, 0.4) is 0 Å². The van der Waals surface area contributed by atoms with Crippen LogP contribution >= 0.6 is 0 Å². The molecular weight excluding hydrogens is 250 g/mol. The Morgan fingerprint density at radius 2 is 2.22 bits per heavy atom. The summed E-state index contributed by atoms with van der Waals surface area (Å²) in [5.74, 6) is 0. The van der Waals surface area contributed by atoms with Crippen molar-refractivity contribution in [3.8, 4) is 0 Å². The lowest BCUT2D eigenvalue weighted by Crippen LogP contribution is -2.26. The summed E-state index contributed by atoms with van der Waals surface area (Å²) < 4.78 is 22.4. The molecule has 1 aromatic rings. The molecule has 0 saturated heterocycles. The predicted molar refractivity (Wildman–Crippen MR) is 74.0 cm³/mol. The molecule has 0 aliphatic carbocycles. The van der Waals surface area contributed by atoms with Crippen molar-refractivity contribution in [1.82, 2.24) is 4.31 Å². The largest absolute Gasteiger partial charge is 0.760 e. The van der Waals surface area contributed by atoms with Crippen molar-refractivity contribution in [2.45, 2.75) is 13.3 Å². The number of nitrogens with one attached hydrogen (secondary N) is 1. The Bertz CT molecular complexity index is 412. The lowest BCUT2D eigenvalue weighted by atomic mass is 10.1. The fraction of sp³-hybridized carbons (Fsp3) is 0.500. The van der Waals surface area contributed by atoms with Gasteiger partial charge in [-0.2, -0.15) is 0 Å². The van der Waals surface area contributed by atoms with Crippen molar-refractivity contribution in [3.63, 3.8) is 0 Å². The van der Waals surface area contributed by atoms with Gasteiger partial charge in [0.1, 0.15) is 0 Å². The molecule has 6 heteroatoms. The molecule has 3 N–H and O–H groups in total. The summed E-state index contributed by atoms with van der Waals surface area (Å²) in [6.45, 7) is 3.72. The summed E-state index contributed by atoms with van der Waals surface area (Å²) in [4.78, 5) is 0. The third-order valence-electron chi connectivity index (χ3n) is 2.77. The van der Waals surface area contributed by atoms with E-state index in [1.807, 2.05) is 6.07 Å². The highest BCUT2D eigenvalue weighted by Gasteiger charge is 2.00. The topological polar surface area (TPSA) is 81.4 Å². The summed E-state index contributed by atoms with van der Waals surface area (Å²) in [5.41, 5.74) is 8.98. The van der Waals surface area contributed by atoms with Crippen molar-refractivity contribution in [1.29, 1.82) is 0 Å². The minimum absolute atomic E-state index is 0.444. The van der Waals surface area contributed by atoms with Crippen molar-refractivity contribution < 1.29 is 8.76 Å². The molecule has 1 atom stereocenters. The van der Waals surface area contributed by atoms with Crippen molar-refractivity contribution in [2.75, 3.05) is 32.0 Å². The standard InChI is InChI=1S/C12H21N3O2S/c1-10-9-12(4-3-11(10)5-6-13)14-7-8-15(2)18(16)17/h3-4,9,14H,5-8,13H2,1-2H3,(H,16,17)/p-1. The first-order chi connectivity index (χ1) is 8.54. The van der Waals surface area contributed by atoms with E-state index in [1.54, 1.807) is 7.05 Å². The third-order valence-corrected chi connectivity index (χ3v) is 3.46. The van der Waals surface area contributed by atoms with Crippen LogP contribution in [-0.4, -0.2) is 39.7 Å². The summed E-state index contributed by atoms with van der Waals surface area (Å²) in [7, 11) is 1.54. The smallest absolute Gasteiger partial charge is 0.0343 e. The summed E-state index contributed by atoms with van der Waals surface area (Å²) >= 11 is -2.15. The molecule has 5 nitrogen and oxygen atoms in total. The minimum atomic E-state index is -2.15. The number of nitrogens with zero attached hydrogens (tertiary/aromatic N) is 1. The van der Waals surface area contributed by atoms with Gasteiger partial charge in [0, 0.05) is 30.0 Å². The van der Waals surface area contributed by atoms with Gasteiger partial charge in [-0.15, -0.1) is 0 Å². The monoisotopic (exact) mass is 270 g/mol. The highest BCUT2D eigenvalue weighted by Crippen LogP contribution is 2.15. The van der Waals surface area contributed by atoms with Crippen LogP contribution in [0.2, 0.25) is 0 Å². The Hall–Kier alpha value is -0.950. The number of hydrogen-bond acceptors (Lipinski definition) is 4. The molecule has 0 saturated carbocycles. The van der Waals surface area contributed by atoms with Crippen LogP contribution in [0.1, 0.15) is 11.1 Å². The summed E-state index contributed by atoms with van der Waals surface area (Å²) in [5, 5.41) is 3.19. The zero-order valence-electron chi connectivity index (χ0n) is 10.8. The molecule has 18 heavy (non-hydrogen) atoms. The van der Waals surface area contributed by atoms with Gasteiger partial charge in [-0.05, 0) is 50.2 Å². The predicted octanol–water partition coefficient (Wildman–Crippen LogP) is 0.634. The number of benzene rings is 1. The van der Waals surface area contributed by atoms with Gasteiger partial charge in [0.15, 0.2) is 0 Å². The van der Waals surface area contributed by atoms with E-state index >= 15 is 0 Å². The zero-order chi connectivity index (χ0) is 13.5. The van der Waals surface area contributed by atoms with E-state index in [0.717, 1.165) is 12.1 Å². The van der Waals surface area contributed by atoms with Gasteiger partial charge in [-0.25, -0.2) is 4.31 Å². The van der Waals surface area contributed by atoms with Crippen LogP contribution in [0.4, 0.5) is 5.69 Å². The van der Waals surface area contributed by atoms with Gasteiger partial charge in [0.2, 0.25) is 0 Å². The Kier molecular flexibility index (Phi) is 6.28. The van der Waals surface area contributed by atoms with E-state index in [-0.39, 0.29) is 0 Å². The molecule has 0 radical (unpaired) electrons. The number of hydrogen-bond donors (Lipinski definition) is 2. The quantitative estimate of drug-likeness (QED) is 0.712. The maximum absolute atomic E-state index is 10.6. The molecule has 102 valence electrons. The van der Waals surface area contributed by atoms with Crippen LogP contribution in [-0.2, 0) is 17.7 Å². The van der Waals surface area contributed by atoms with E-state index in [2.05, 4.69) is 24.4 Å². The number of likely N-dealkylation sites (N-methyl/N-ethyl adjacent to an activating group) is 1. The summed E-state index contributed by atoms with van der Waals surface area (Å²) in [6.07, 6.45) is 0.879. The van der Waals surface area contributed by atoms with Crippen LogP contribution in [0.25, 0.3) is 0 Å². The molecule has 1 aromatic carbocycles. The molecule has 0 fully saturated rings. The first-order valence-corrected chi connectivity index (χ1v) is 6.91. The first kappa shape index (κ1) is 15.1. The highest BCUT2D eigenvalue weighted by atomic mass is 32.2. The molecule has 0 aromatic heterocycles. The van der Waals surface area contributed by atoms with Gasteiger partial charge < -0.3 is 15.6 Å². The number of aryl methyl sites for hydroxylation is 1. The fourth-order valence-electron chi connectivity index (χ4n) is 1.67. The first-order valence-electron chi connectivity index (χ1n) is 5.88. The molecule has 0 spiro atoms. The average Bonchev–Trinajstić information content (AvgIpc) is 2.32.